The van der Waals surface area contributed by atoms with E-state index in [0.717, 1.165) is 21.5 Å². The summed E-state index contributed by atoms with van der Waals surface area (Å²) in [7, 11) is 3.06. The van der Waals surface area contributed by atoms with Crippen molar-refractivity contribution in [2.75, 3.05) is 27.8 Å². The fraction of sp³-hybridized carbons (Fsp3) is 0.222. The van der Waals surface area contributed by atoms with E-state index >= 15 is 0 Å². The highest BCUT2D eigenvalue weighted by atomic mass is 17.2. The number of rotatable bonds is 8. The van der Waals surface area contributed by atoms with Gasteiger partial charge in [-0.1, -0.05) is 48.5 Å². The summed E-state index contributed by atoms with van der Waals surface area (Å²) in [5.41, 5.74) is 0. The molecule has 3 aromatic rings. The Hall–Kier alpha value is -2.38. The zero-order chi connectivity index (χ0) is 16.8. The molecule has 126 valence electrons. The largest absolute Gasteiger partial charge is 0.355 e. The fourth-order valence-corrected chi connectivity index (χ4v) is 2.49. The Bertz CT molecular complexity index is 692. The summed E-state index contributed by atoms with van der Waals surface area (Å²) < 4.78 is 9.74. The van der Waals surface area contributed by atoms with E-state index in [1.165, 1.54) is 14.2 Å². The minimum atomic E-state index is 0.0256. The standard InChI is InChI=1S/C18H18O6/c1-19-11-21-23-17-13-7-3-5-9-15(13)18(24-22-12-20-2)16-10-6-4-8-14(16)17/h3-10H,11-12H2,1-2H3. The molecule has 0 aliphatic rings. The Morgan fingerprint density at radius 2 is 0.917 bits per heavy atom. The number of benzene rings is 3. The quantitative estimate of drug-likeness (QED) is 0.206. The average molecular weight is 330 g/mol. The van der Waals surface area contributed by atoms with Gasteiger partial charge in [-0.15, -0.1) is 0 Å². The van der Waals surface area contributed by atoms with Crippen LogP contribution in [-0.2, 0) is 19.2 Å². The second-order valence-electron chi connectivity index (χ2n) is 4.96. The van der Waals surface area contributed by atoms with Crippen LogP contribution in [0.3, 0.4) is 0 Å². The van der Waals surface area contributed by atoms with Gasteiger partial charge in [0, 0.05) is 35.8 Å². The normalized spacial score (nSPS) is 11.1. The maximum atomic E-state index is 5.51. The summed E-state index contributed by atoms with van der Waals surface area (Å²) in [4.78, 5) is 21.2. The van der Waals surface area contributed by atoms with Crippen molar-refractivity contribution >= 4 is 21.5 Å². The number of hydrogen-bond acceptors (Lipinski definition) is 6. The Labute approximate surface area is 139 Å². The molecule has 3 rings (SSSR count). The van der Waals surface area contributed by atoms with Crippen LogP contribution < -0.4 is 9.78 Å². The lowest BCUT2D eigenvalue weighted by Gasteiger charge is -2.15. The van der Waals surface area contributed by atoms with E-state index < -0.39 is 0 Å². The van der Waals surface area contributed by atoms with E-state index in [1.54, 1.807) is 0 Å². The van der Waals surface area contributed by atoms with Crippen LogP contribution in [0.25, 0.3) is 21.5 Å². The fourth-order valence-electron chi connectivity index (χ4n) is 2.49. The van der Waals surface area contributed by atoms with Gasteiger partial charge in [0.25, 0.3) is 0 Å². The lowest BCUT2D eigenvalue weighted by atomic mass is 10.0. The minimum absolute atomic E-state index is 0.0256. The maximum Gasteiger partial charge on any atom is 0.192 e. The zero-order valence-corrected chi connectivity index (χ0v) is 13.5. The first kappa shape index (κ1) is 16.5. The SMILES string of the molecule is COCOOc1c2ccccc2c(OOCOC)c2ccccc12. The van der Waals surface area contributed by atoms with Crippen molar-refractivity contribution in [2.45, 2.75) is 0 Å². The average Bonchev–Trinajstić information content (AvgIpc) is 2.63. The summed E-state index contributed by atoms with van der Waals surface area (Å²) in [6, 6.07) is 15.4. The molecule has 0 unspecified atom stereocenters. The molecule has 6 nitrogen and oxygen atoms in total. The van der Waals surface area contributed by atoms with Gasteiger partial charge in [-0.05, 0) is 0 Å². The molecular formula is C18H18O6. The van der Waals surface area contributed by atoms with Crippen LogP contribution in [0.15, 0.2) is 48.5 Å². The van der Waals surface area contributed by atoms with Gasteiger partial charge < -0.3 is 19.2 Å². The predicted octanol–water partition coefficient (Wildman–Crippen LogP) is 3.82. The van der Waals surface area contributed by atoms with Crippen molar-refractivity contribution in [3.8, 4) is 11.5 Å². The summed E-state index contributed by atoms with van der Waals surface area (Å²) in [5, 5.41) is 3.35. The van der Waals surface area contributed by atoms with Gasteiger partial charge in [0.2, 0.25) is 0 Å². The zero-order valence-electron chi connectivity index (χ0n) is 13.5. The summed E-state index contributed by atoms with van der Waals surface area (Å²) in [6.45, 7) is 0.0513. The molecule has 0 fully saturated rings. The Morgan fingerprint density at radius 3 is 1.21 bits per heavy atom. The van der Waals surface area contributed by atoms with Crippen molar-refractivity contribution < 1.29 is 29.0 Å². The van der Waals surface area contributed by atoms with Gasteiger partial charge >= 0.3 is 0 Å². The number of fused-ring (bicyclic) bond motifs is 2. The van der Waals surface area contributed by atoms with E-state index in [0.29, 0.717) is 11.5 Å². The highest BCUT2D eigenvalue weighted by Crippen LogP contribution is 2.42. The molecule has 0 radical (unpaired) electrons. The number of methoxy groups -OCH3 is 2. The Balaban J connectivity index is 2.17. The van der Waals surface area contributed by atoms with Crippen molar-refractivity contribution in [2.24, 2.45) is 0 Å². The molecular weight excluding hydrogens is 312 g/mol. The minimum Gasteiger partial charge on any atom is -0.355 e. The van der Waals surface area contributed by atoms with Crippen molar-refractivity contribution in [1.29, 1.82) is 0 Å². The van der Waals surface area contributed by atoms with Crippen molar-refractivity contribution in [3.05, 3.63) is 48.5 Å². The Kier molecular flexibility index (Phi) is 5.45. The van der Waals surface area contributed by atoms with E-state index in [4.69, 9.17) is 29.0 Å². The Morgan fingerprint density at radius 1 is 0.583 bits per heavy atom. The van der Waals surface area contributed by atoms with E-state index in [2.05, 4.69) is 0 Å². The lowest BCUT2D eigenvalue weighted by molar-refractivity contribution is -0.259. The molecule has 0 N–H and O–H groups in total. The molecule has 0 saturated carbocycles. The van der Waals surface area contributed by atoms with Crippen LogP contribution in [0, 0.1) is 0 Å². The van der Waals surface area contributed by atoms with E-state index in [-0.39, 0.29) is 13.6 Å². The highest BCUT2D eigenvalue weighted by molar-refractivity contribution is 6.10. The number of ether oxygens (including phenoxy) is 2. The summed E-state index contributed by atoms with van der Waals surface area (Å²) >= 11 is 0. The monoisotopic (exact) mass is 330 g/mol. The molecule has 3 aromatic carbocycles. The molecule has 0 atom stereocenters. The second kappa shape index (κ2) is 7.94. The molecule has 0 saturated heterocycles. The summed E-state index contributed by atoms with van der Waals surface area (Å²) in [5.74, 6) is 1.19. The molecule has 0 bridgehead atoms. The first-order valence-corrected chi connectivity index (χ1v) is 7.37. The van der Waals surface area contributed by atoms with Crippen LogP contribution in [0.1, 0.15) is 0 Å². The summed E-state index contributed by atoms with van der Waals surface area (Å²) in [6.07, 6.45) is 0. The van der Waals surface area contributed by atoms with Gasteiger partial charge in [-0.25, -0.2) is 0 Å². The predicted molar refractivity (Wildman–Crippen MR) is 88.6 cm³/mol. The third-order valence-corrected chi connectivity index (χ3v) is 3.45. The first-order valence-electron chi connectivity index (χ1n) is 7.37. The van der Waals surface area contributed by atoms with Crippen LogP contribution in [0.5, 0.6) is 11.5 Å². The van der Waals surface area contributed by atoms with Gasteiger partial charge in [-0.3, -0.25) is 0 Å². The van der Waals surface area contributed by atoms with Crippen LogP contribution >= 0.6 is 0 Å². The molecule has 6 heteroatoms. The third kappa shape index (κ3) is 3.27. The van der Waals surface area contributed by atoms with Gasteiger partial charge in [0.1, 0.15) is 0 Å². The molecule has 0 aliphatic heterocycles. The third-order valence-electron chi connectivity index (χ3n) is 3.45. The molecule has 0 amide bonds. The van der Waals surface area contributed by atoms with Gasteiger partial charge in [-0.2, -0.15) is 9.78 Å². The van der Waals surface area contributed by atoms with E-state index in [9.17, 15) is 0 Å². The smallest absolute Gasteiger partial charge is 0.192 e. The van der Waals surface area contributed by atoms with Gasteiger partial charge in [0.05, 0.1) is 0 Å². The molecule has 0 spiro atoms. The second-order valence-corrected chi connectivity index (χ2v) is 4.96. The van der Waals surface area contributed by atoms with Crippen LogP contribution in [0.4, 0.5) is 0 Å². The molecule has 0 aliphatic carbocycles. The molecule has 0 heterocycles. The van der Waals surface area contributed by atoms with Crippen molar-refractivity contribution in [3.63, 3.8) is 0 Å². The number of hydrogen-bond donors (Lipinski definition) is 0. The van der Waals surface area contributed by atoms with Crippen LogP contribution in [-0.4, -0.2) is 27.8 Å². The van der Waals surface area contributed by atoms with Crippen LogP contribution in [0.2, 0.25) is 0 Å². The van der Waals surface area contributed by atoms with E-state index in [1.807, 2.05) is 48.5 Å². The van der Waals surface area contributed by atoms with Crippen molar-refractivity contribution in [1.82, 2.24) is 0 Å². The lowest BCUT2D eigenvalue weighted by Crippen LogP contribution is -2.04. The first-order chi connectivity index (χ1) is 11.9. The topological polar surface area (TPSA) is 55.4 Å². The van der Waals surface area contributed by atoms with Gasteiger partial charge in [0.15, 0.2) is 25.1 Å². The highest BCUT2D eigenvalue weighted by Gasteiger charge is 2.17. The maximum absolute atomic E-state index is 5.51. The molecule has 0 aromatic heterocycles. The molecule has 24 heavy (non-hydrogen) atoms.